The van der Waals surface area contributed by atoms with E-state index in [-0.39, 0.29) is 29.5 Å². The van der Waals surface area contributed by atoms with Crippen molar-refractivity contribution in [2.45, 2.75) is 13.1 Å². The highest BCUT2D eigenvalue weighted by Gasteiger charge is 2.32. The standard InChI is InChI=1S/C20H21F4N3O/c1-14-2-5-16(12-18(14)20(22,23)24)25-13-19(28)27-10-8-26(9-11-27)17-6-3-15(21)4-7-17/h2-7,12,25H,8-11,13H2,1H3. The SMILES string of the molecule is Cc1ccc(NCC(=O)N2CCN(c3ccc(F)cc3)CC2)cc1C(F)(F)F. The van der Waals surface area contributed by atoms with Crippen molar-refractivity contribution in [3.05, 3.63) is 59.4 Å². The second kappa shape index (κ2) is 8.08. The number of aryl methyl sites for hydroxylation is 1. The van der Waals surface area contributed by atoms with Crippen LogP contribution in [0.4, 0.5) is 28.9 Å². The van der Waals surface area contributed by atoms with Crippen LogP contribution in [0.1, 0.15) is 11.1 Å². The fourth-order valence-corrected chi connectivity index (χ4v) is 3.19. The average molecular weight is 395 g/mol. The lowest BCUT2D eigenvalue weighted by Crippen LogP contribution is -2.50. The summed E-state index contributed by atoms with van der Waals surface area (Å²) in [6.45, 7) is 3.55. The second-order valence-electron chi connectivity index (χ2n) is 6.73. The fraction of sp³-hybridized carbons (Fsp3) is 0.350. The molecule has 1 N–H and O–H groups in total. The molecule has 150 valence electrons. The van der Waals surface area contributed by atoms with Gasteiger partial charge < -0.3 is 15.1 Å². The minimum absolute atomic E-state index is 0.0725. The van der Waals surface area contributed by atoms with Crippen molar-refractivity contribution >= 4 is 17.3 Å². The molecular formula is C20H21F4N3O. The van der Waals surface area contributed by atoms with Gasteiger partial charge in [-0.25, -0.2) is 4.39 Å². The lowest BCUT2D eigenvalue weighted by atomic mass is 10.1. The first-order valence-corrected chi connectivity index (χ1v) is 8.94. The van der Waals surface area contributed by atoms with E-state index in [0.717, 1.165) is 11.8 Å². The highest BCUT2D eigenvalue weighted by molar-refractivity contribution is 5.81. The third-order valence-corrected chi connectivity index (χ3v) is 4.81. The van der Waals surface area contributed by atoms with Gasteiger partial charge in [0.05, 0.1) is 12.1 Å². The Kier molecular flexibility index (Phi) is 5.76. The van der Waals surface area contributed by atoms with Crippen molar-refractivity contribution in [2.75, 3.05) is 42.9 Å². The summed E-state index contributed by atoms with van der Waals surface area (Å²) in [5.41, 5.74) is 0.585. The second-order valence-corrected chi connectivity index (χ2v) is 6.73. The minimum atomic E-state index is -4.43. The quantitative estimate of drug-likeness (QED) is 0.798. The maximum absolute atomic E-state index is 13.0. The number of amides is 1. The molecule has 0 bridgehead atoms. The molecule has 1 saturated heterocycles. The predicted octanol–water partition coefficient (Wildman–Crippen LogP) is 3.91. The number of halogens is 4. The summed E-state index contributed by atoms with van der Waals surface area (Å²) < 4.78 is 52.0. The molecule has 2 aromatic carbocycles. The number of piperazine rings is 1. The van der Waals surface area contributed by atoms with Crippen LogP contribution in [0.25, 0.3) is 0 Å². The summed E-state index contributed by atoms with van der Waals surface area (Å²) in [5.74, 6) is -0.471. The van der Waals surface area contributed by atoms with Crippen molar-refractivity contribution in [1.29, 1.82) is 0 Å². The van der Waals surface area contributed by atoms with E-state index in [0.29, 0.717) is 26.2 Å². The third kappa shape index (κ3) is 4.74. The van der Waals surface area contributed by atoms with E-state index in [4.69, 9.17) is 0 Å². The summed E-state index contributed by atoms with van der Waals surface area (Å²) in [6.07, 6.45) is -4.43. The number of anilines is 2. The van der Waals surface area contributed by atoms with Crippen LogP contribution in [-0.4, -0.2) is 43.5 Å². The monoisotopic (exact) mass is 395 g/mol. The molecule has 1 aliphatic rings. The van der Waals surface area contributed by atoms with Crippen molar-refractivity contribution in [1.82, 2.24) is 4.90 Å². The molecule has 1 amide bonds. The molecular weight excluding hydrogens is 374 g/mol. The van der Waals surface area contributed by atoms with Gasteiger partial charge in [0, 0.05) is 37.6 Å². The number of carbonyl (C=O) groups excluding carboxylic acids is 1. The van der Waals surface area contributed by atoms with Gasteiger partial charge in [0.1, 0.15) is 5.82 Å². The molecule has 1 aliphatic heterocycles. The topological polar surface area (TPSA) is 35.6 Å². The molecule has 0 aromatic heterocycles. The lowest BCUT2D eigenvalue weighted by Gasteiger charge is -2.36. The van der Waals surface area contributed by atoms with E-state index >= 15 is 0 Å². The van der Waals surface area contributed by atoms with Crippen molar-refractivity contribution in [3.8, 4) is 0 Å². The fourth-order valence-electron chi connectivity index (χ4n) is 3.19. The zero-order chi connectivity index (χ0) is 20.3. The van der Waals surface area contributed by atoms with E-state index in [1.165, 1.54) is 31.2 Å². The average Bonchev–Trinajstić information content (AvgIpc) is 2.67. The number of rotatable bonds is 4. The van der Waals surface area contributed by atoms with Crippen molar-refractivity contribution < 1.29 is 22.4 Å². The van der Waals surface area contributed by atoms with Gasteiger partial charge in [-0.2, -0.15) is 13.2 Å². The Hall–Kier alpha value is -2.77. The van der Waals surface area contributed by atoms with Gasteiger partial charge in [0.15, 0.2) is 0 Å². The smallest absolute Gasteiger partial charge is 0.376 e. The number of alkyl halides is 3. The molecule has 0 unspecified atom stereocenters. The van der Waals surface area contributed by atoms with Gasteiger partial charge in [-0.15, -0.1) is 0 Å². The highest BCUT2D eigenvalue weighted by atomic mass is 19.4. The zero-order valence-electron chi connectivity index (χ0n) is 15.4. The molecule has 3 rings (SSSR count). The Morgan fingerprint density at radius 2 is 1.68 bits per heavy atom. The summed E-state index contributed by atoms with van der Waals surface area (Å²) in [7, 11) is 0. The number of benzene rings is 2. The van der Waals surface area contributed by atoms with Crippen LogP contribution in [0.15, 0.2) is 42.5 Å². The van der Waals surface area contributed by atoms with Crippen LogP contribution in [0, 0.1) is 12.7 Å². The number of nitrogens with zero attached hydrogens (tertiary/aromatic N) is 2. The van der Waals surface area contributed by atoms with Gasteiger partial charge >= 0.3 is 6.18 Å². The van der Waals surface area contributed by atoms with Crippen LogP contribution >= 0.6 is 0 Å². The Balaban J connectivity index is 1.53. The van der Waals surface area contributed by atoms with Gasteiger partial charge in [-0.3, -0.25) is 4.79 Å². The summed E-state index contributed by atoms with van der Waals surface area (Å²) in [4.78, 5) is 16.1. The van der Waals surface area contributed by atoms with Gasteiger partial charge in [-0.05, 0) is 48.9 Å². The Bertz CT molecular complexity index is 828. The number of carbonyl (C=O) groups is 1. The maximum Gasteiger partial charge on any atom is 0.416 e. The first kappa shape index (κ1) is 20.0. The summed E-state index contributed by atoms with van der Waals surface area (Å²) in [5, 5.41) is 2.78. The zero-order valence-corrected chi connectivity index (χ0v) is 15.4. The molecule has 0 spiro atoms. The summed E-state index contributed by atoms with van der Waals surface area (Å²) in [6, 6.07) is 10.1. The number of hydrogen-bond acceptors (Lipinski definition) is 3. The minimum Gasteiger partial charge on any atom is -0.376 e. The van der Waals surface area contributed by atoms with Crippen LogP contribution in [0.5, 0.6) is 0 Å². The Morgan fingerprint density at radius 1 is 1.04 bits per heavy atom. The lowest BCUT2D eigenvalue weighted by molar-refractivity contribution is -0.138. The van der Waals surface area contributed by atoms with Gasteiger partial charge in [-0.1, -0.05) is 6.07 Å². The molecule has 4 nitrogen and oxygen atoms in total. The van der Waals surface area contributed by atoms with E-state index in [9.17, 15) is 22.4 Å². The van der Waals surface area contributed by atoms with E-state index in [2.05, 4.69) is 10.2 Å². The van der Waals surface area contributed by atoms with E-state index in [1.54, 1.807) is 17.0 Å². The van der Waals surface area contributed by atoms with E-state index < -0.39 is 11.7 Å². The first-order chi connectivity index (χ1) is 13.2. The molecule has 0 saturated carbocycles. The molecule has 0 atom stereocenters. The first-order valence-electron chi connectivity index (χ1n) is 8.94. The number of hydrogen-bond donors (Lipinski definition) is 1. The molecule has 0 radical (unpaired) electrons. The van der Waals surface area contributed by atoms with Crippen LogP contribution in [0.3, 0.4) is 0 Å². The molecule has 28 heavy (non-hydrogen) atoms. The molecule has 1 fully saturated rings. The maximum atomic E-state index is 13.0. The Morgan fingerprint density at radius 3 is 2.29 bits per heavy atom. The van der Waals surface area contributed by atoms with Crippen molar-refractivity contribution in [2.24, 2.45) is 0 Å². The predicted molar refractivity (Wildman–Crippen MR) is 99.9 cm³/mol. The molecule has 1 heterocycles. The van der Waals surface area contributed by atoms with Gasteiger partial charge in [0.25, 0.3) is 0 Å². The molecule has 2 aromatic rings. The Labute approximate surface area is 160 Å². The third-order valence-electron chi connectivity index (χ3n) is 4.81. The van der Waals surface area contributed by atoms with Gasteiger partial charge in [0.2, 0.25) is 5.91 Å². The van der Waals surface area contributed by atoms with Crippen LogP contribution in [0.2, 0.25) is 0 Å². The molecule has 8 heteroatoms. The van der Waals surface area contributed by atoms with E-state index in [1.807, 2.05) is 0 Å². The molecule has 0 aliphatic carbocycles. The van der Waals surface area contributed by atoms with Crippen molar-refractivity contribution in [3.63, 3.8) is 0 Å². The van der Waals surface area contributed by atoms with Crippen LogP contribution in [-0.2, 0) is 11.0 Å². The highest BCUT2D eigenvalue weighted by Crippen LogP contribution is 2.33. The van der Waals surface area contributed by atoms with Crippen LogP contribution < -0.4 is 10.2 Å². The largest absolute Gasteiger partial charge is 0.416 e. The number of nitrogens with one attached hydrogen (secondary N) is 1. The summed E-state index contributed by atoms with van der Waals surface area (Å²) >= 11 is 0. The normalized spacial score (nSPS) is 14.9.